The van der Waals surface area contributed by atoms with Crippen molar-refractivity contribution in [2.75, 3.05) is 65.5 Å². The molecule has 0 radical (unpaired) electrons. The molecule has 0 bridgehead atoms. The van der Waals surface area contributed by atoms with Crippen LogP contribution in [-0.2, 0) is 27.9 Å². The van der Waals surface area contributed by atoms with Crippen LogP contribution in [0.2, 0.25) is 0 Å². The SMILES string of the molecule is COC(=O)CN(CC(=O)N1CCN(c2ncnc3c2cnn3C)CC1)Cc1cc(OC)cc(OC)c1. The highest BCUT2D eigenvalue weighted by atomic mass is 16.5. The molecule has 0 aliphatic carbocycles. The zero-order valence-electron chi connectivity index (χ0n) is 21.0. The van der Waals surface area contributed by atoms with E-state index in [1.54, 1.807) is 36.1 Å². The summed E-state index contributed by atoms with van der Waals surface area (Å²) < 4.78 is 17.3. The van der Waals surface area contributed by atoms with Crippen LogP contribution in [0.4, 0.5) is 5.82 Å². The lowest BCUT2D eigenvalue weighted by atomic mass is 10.1. The van der Waals surface area contributed by atoms with Gasteiger partial charge in [-0.3, -0.25) is 19.2 Å². The summed E-state index contributed by atoms with van der Waals surface area (Å²) in [5.41, 5.74) is 1.63. The van der Waals surface area contributed by atoms with Crippen LogP contribution >= 0.6 is 0 Å². The molecular weight excluding hydrogens is 466 g/mol. The average molecular weight is 498 g/mol. The number of aryl methyl sites for hydroxylation is 1. The lowest BCUT2D eigenvalue weighted by Crippen LogP contribution is -2.51. The molecule has 1 amide bonds. The third-order valence-electron chi connectivity index (χ3n) is 6.20. The number of ether oxygens (including phenoxy) is 3. The predicted octanol–water partition coefficient (Wildman–Crippen LogP) is 0.704. The fourth-order valence-corrected chi connectivity index (χ4v) is 4.29. The van der Waals surface area contributed by atoms with Crippen molar-refractivity contribution < 1.29 is 23.8 Å². The van der Waals surface area contributed by atoms with Gasteiger partial charge in [-0.15, -0.1) is 0 Å². The quantitative estimate of drug-likeness (QED) is 0.391. The lowest BCUT2D eigenvalue weighted by molar-refractivity contribution is -0.143. The number of carbonyl (C=O) groups is 2. The molecule has 2 aromatic heterocycles. The highest BCUT2D eigenvalue weighted by Crippen LogP contribution is 2.25. The Morgan fingerprint density at radius 2 is 1.67 bits per heavy atom. The van der Waals surface area contributed by atoms with Crippen LogP contribution in [0.3, 0.4) is 0 Å². The molecule has 0 saturated carbocycles. The number of esters is 1. The number of anilines is 1. The van der Waals surface area contributed by atoms with E-state index >= 15 is 0 Å². The number of hydrogen-bond donors (Lipinski definition) is 0. The largest absolute Gasteiger partial charge is 0.497 e. The van der Waals surface area contributed by atoms with Crippen molar-refractivity contribution in [3.05, 3.63) is 36.3 Å². The van der Waals surface area contributed by atoms with E-state index in [9.17, 15) is 9.59 Å². The van der Waals surface area contributed by atoms with Crippen LogP contribution in [-0.4, -0.2) is 102 Å². The van der Waals surface area contributed by atoms with Gasteiger partial charge in [0.1, 0.15) is 23.6 Å². The number of piperazine rings is 1. The van der Waals surface area contributed by atoms with Crippen LogP contribution in [0.1, 0.15) is 5.56 Å². The Morgan fingerprint density at radius 3 is 2.31 bits per heavy atom. The van der Waals surface area contributed by atoms with E-state index in [1.165, 1.54) is 13.4 Å². The summed E-state index contributed by atoms with van der Waals surface area (Å²) in [4.78, 5) is 39.7. The van der Waals surface area contributed by atoms with Crippen molar-refractivity contribution in [3.8, 4) is 11.5 Å². The molecule has 1 saturated heterocycles. The number of aromatic nitrogens is 4. The van der Waals surface area contributed by atoms with Gasteiger partial charge in [0.05, 0.1) is 46.0 Å². The summed E-state index contributed by atoms with van der Waals surface area (Å²) in [5.74, 6) is 1.63. The summed E-state index contributed by atoms with van der Waals surface area (Å²) in [6.07, 6.45) is 3.30. The molecule has 3 aromatic rings. The van der Waals surface area contributed by atoms with E-state index in [0.717, 1.165) is 22.4 Å². The third-order valence-corrected chi connectivity index (χ3v) is 6.20. The molecule has 0 atom stereocenters. The van der Waals surface area contributed by atoms with Gasteiger partial charge in [0.25, 0.3) is 0 Å². The van der Waals surface area contributed by atoms with Crippen molar-refractivity contribution in [2.24, 2.45) is 7.05 Å². The smallest absolute Gasteiger partial charge is 0.319 e. The monoisotopic (exact) mass is 497 g/mol. The molecule has 12 heteroatoms. The summed E-state index contributed by atoms with van der Waals surface area (Å²) in [6, 6.07) is 5.49. The molecule has 4 rings (SSSR count). The number of rotatable bonds is 9. The van der Waals surface area contributed by atoms with E-state index in [-0.39, 0.29) is 19.0 Å². The number of fused-ring (bicyclic) bond motifs is 1. The second-order valence-electron chi connectivity index (χ2n) is 8.51. The van der Waals surface area contributed by atoms with Crippen molar-refractivity contribution in [1.29, 1.82) is 0 Å². The topological polar surface area (TPSA) is 115 Å². The van der Waals surface area contributed by atoms with Crippen molar-refractivity contribution in [2.45, 2.75) is 6.54 Å². The summed E-state index contributed by atoms with van der Waals surface area (Å²) in [5, 5.41) is 5.16. The Bertz CT molecular complexity index is 1200. The van der Waals surface area contributed by atoms with Gasteiger partial charge in [-0.2, -0.15) is 5.10 Å². The Hall–Kier alpha value is -3.93. The standard InChI is InChI=1S/C24H31N7O5/c1-28-23-20(12-27-28)24(26-16-25-23)31-7-5-30(6-8-31)21(32)14-29(15-22(33)36-4)13-17-9-18(34-2)11-19(10-17)35-3/h9-12,16H,5-8,13-15H2,1-4H3. The van der Waals surface area contributed by atoms with Crippen molar-refractivity contribution in [1.82, 2.24) is 29.5 Å². The maximum atomic E-state index is 13.2. The summed E-state index contributed by atoms with van der Waals surface area (Å²) in [7, 11) is 6.34. The minimum absolute atomic E-state index is 0.0122. The second-order valence-corrected chi connectivity index (χ2v) is 8.51. The Kier molecular flexibility index (Phi) is 7.84. The number of amides is 1. The number of benzene rings is 1. The first-order chi connectivity index (χ1) is 17.4. The highest BCUT2D eigenvalue weighted by Gasteiger charge is 2.26. The molecule has 0 spiro atoms. The average Bonchev–Trinajstić information content (AvgIpc) is 3.29. The Labute approximate surface area is 209 Å². The van der Waals surface area contributed by atoms with Gasteiger partial charge in [-0.1, -0.05) is 0 Å². The molecule has 0 N–H and O–H groups in total. The van der Waals surface area contributed by atoms with Crippen LogP contribution in [0, 0.1) is 0 Å². The zero-order chi connectivity index (χ0) is 25.7. The van der Waals surface area contributed by atoms with E-state index < -0.39 is 5.97 Å². The first-order valence-corrected chi connectivity index (χ1v) is 11.6. The maximum Gasteiger partial charge on any atom is 0.319 e. The first-order valence-electron chi connectivity index (χ1n) is 11.6. The molecular formula is C24H31N7O5. The first kappa shape index (κ1) is 25.2. The van der Waals surface area contributed by atoms with E-state index in [0.29, 0.717) is 44.2 Å². The Morgan fingerprint density at radius 1 is 0.972 bits per heavy atom. The van der Waals surface area contributed by atoms with Gasteiger partial charge in [0.15, 0.2) is 5.65 Å². The minimum atomic E-state index is -0.410. The fourth-order valence-electron chi connectivity index (χ4n) is 4.29. The number of methoxy groups -OCH3 is 3. The third kappa shape index (κ3) is 5.65. The molecule has 1 aliphatic rings. The second kappa shape index (κ2) is 11.2. The van der Waals surface area contributed by atoms with Gasteiger partial charge in [-0.05, 0) is 17.7 Å². The van der Waals surface area contributed by atoms with Gasteiger partial charge >= 0.3 is 5.97 Å². The highest BCUT2D eigenvalue weighted by molar-refractivity contribution is 5.87. The fraction of sp³-hybridized carbons (Fsp3) is 0.458. The van der Waals surface area contributed by atoms with E-state index in [2.05, 4.69) is 20.0 Å². The Balaban J connectivity index is 1.41. The number of nitrogens with zero attached hydrogens (tertiary/aromatic N) is 7. The van der Waals surface area contributed by atoms with Gasteiger partial charge in [0, 0.05) is 45.8 Å². The zero-order valence-corrected chi connectivity index (χ0v) is 21.0. The summed E-state index contributed by atoms with van der Waals surface area (Å²) >= 11 is 0. The van der Waals surface area contributed by atoms with E-state index in [1.807, 2.05) is 24.1 Å². The predicted molar refractivity (Wildman–Crippen MR) is 132 cm³/mol. The van der Waals surface area contributed by atoms with Crippen LogP contribution in [0.5, 0.6) is 11.5 Å². The van der Waals surface area contributed by atoms with Gasteiger partial charge < -0.3 is 24.0 Å². The number of hydrogen-bond acceptors (Lipinski definition) is 10. The molecule has 1 fully saturated rings. The van der Waals surface area contributed by atoms with Crippen molar-refractivity contribution in [3.63, 3.8) is 0 Å². The van der Waals surface area contributed by atoms with Gasteiger partial charge in [-0.25, -0.2) is 9.97 Å². The van der Waals surface area contributed by atoms with Crippen molar-refractivity contribution >= 4 is 28.7 Å². The molecule has 36 heavy (non-hydrogen) atoms. The summed E-state index contributed by atoms with van der Waals surface area (Å²) in [6.45, 7) is 2.78. The minimum Gasteiger partial charge on any atom is -0.497 e. The molecule has 12 nitrogen and oxygen atoms in total. The molecule has 1 aliphatic heterocycles. The molecule has 1 aromatic carbocycles. The molecule has 3 heterocycles. The van der Waals surface area contributed by atoms with E-state index in [4.69, 9.17) is 14.2 Å². The maximum absolute atomic E-state index is 13.2. The normalized spacial score (nSPS) is 13.8. The van der Waals surface area contributed by atoms with Gasteiger partial charge in [0.2, 0.25) is 5.91 Å². The molecule has 0 unspecified atom stereocenters. The van der Waals surface area contributed by atoms with Crippen LogP contribution in [0.15, 0.2) is 30.7 Å². The lowest BCUT2D eigenvalue weighted by Gasteiger charge is -2.36. The van der Waals surface area contributed by atoms with Crippen LogP contribution < -0.4 is 14.4 Å². The molecule has 192 valence electrons. The number of carbonyl (C=O) groups excluding carboxylic acids is 2. The van der Waals surface area contributed by atoms with Crippen LogP contribution in [0.25, 0.3) is 11.0 Å².